The third-order valence-corrected chi connectivity index (χ3v) is 4.13. The maximum absolute atomic E-state index is 12.2. The Morgan fingerprint density at radius 1 is 1.42 bits per heavy atom. The van der Waals surface area contributed by atoms with Crippen LogP contribution in [0.25, 0.3) is 10.9 Å². The van der Waals surface area contributed by atoms with Gasteiger partial charge >= 0.3 is 5.97 Å². The van der Waals surface area contributed by atoms with Crippen LogP contribution >= 0.6 is 11.8 Å². The summed E-state index contributed by atoms with van der Waals surface area (Å²) in [6, 6.07) is 9.17. The number of carbonyl (C=O) groups excluding carboxylic acids is 1. The van der Waals surface area contributed by atoms with Gasteiger partial charge in [0.05, 0.1) is 30.9 Å². The third-order valence-electron chi connectivity index (χ3n) is 3.44. The average Bonchev–Trinajstić information content (AvgIpc) is 2.61. The molecule has 0 radical (unpaired) electrons. The molecular formula is C17H15N3O3S. The van der Waals surface area contributed by atoms with Crippen molar-refractivity contribution in [3.05, 3.63) is 29.3 Å². The molecule has 24 heavy (non-hydrogen) atoms. The molecule has 0 fully saturated rings. The molecule has 7 heteroatoms. The van der Waals surface area contributed by atoms with E-state index >= 15 is 0 Å². The van der Waals surface area contributed by atoms with Gasteiger partial charge in [0.1, 0.15) is 16.8 Å². The van der Waals surface area contributed by atoms with Crippen LogP contribution in [0.3, 0.4) is 0 Å². The summed E-state index contributed by atoms with van der Waals surface area (Å²) in [6.07, 6.45) is 1.79. The summed E-state index contributed by atoms with van der Waals surface area (Å²) in [5.74, 6) is -1.34. The molecule has 1 aromatic heterocycles. The van der Waals surface area contributed by atoms with Crippen LogP contribution in [0.5, 0.6) is 5.75 Å². The first kappa shape index (κ1) is 17.6. The molecule has 122 valence electrons. The van der Waals surface area contributed by atoms with E-state index < -0.39 is 11.9 Å². The molecule has 0 aliphatic heterocycles. The lowest BCUT2D eigenvalue weighted by Gasteiger charge is -2.16. The number of ether oxygens (including phenoxy) is 2. The lowest BCUT2D eigenvalue weighted by molar-refractivity contribution is -0.143. The number of nitriles is 2. The summed E-state index contributed by atoms with van der Waals surface area (Å²) < 4.78 is 10.2. The molecule has 1 unspecified atom stereocenters. The highest BCUT2D eigenvalue weighted by molar-refractivity contribution is 7.98. The highest BCUT2D eigenvalue weighted by Gasteiger charge is 2.29. The van der Waals surface area contributed by atoms with E-state index in [1.165, 1.54) is 18.9 Å². The maximum atomic E-state index is 12.2. The molecular weight excluding hydrogens is 326 g/mol. The number of hydrogen-bond donors (Lipinski definition) is 0. The minimum absolute atomic E-state index is 0.153. The number of carbonyl (C=O) groups is 1. The van der Waals surface area contributed by atoms with E-state index in [0.29, 0.717) is 27.2 Å². The molecule has 0 N–H and O–H groups in total. The summed E-state index contributed by atoms with van der Waals surface area (Å²) in [6.45, 7) is 1.82. The van der Waals surface area contributed by atoms with Crippen molar-refractivity contribution in [1.29, 1.82) is 10.5 Å². The molecule has 0 amide bonds. The molecule has 0 bridgehead atoms. The van der Waals surface area contributed by atoms with Gasteiger partial charge in [-0.15, -0.1) is 11.8 Å². The largest absolute Gasteiger partial charge is 0.497 e. The fourth-order valence-corrected chi connectivity index (χ4v) is 2.94. The van der Waals surface area contributed by atoms with E-state index in [2.05, 4.69) is 11.1 Å². The van der Waals surface area contributed by atoms with Crippen LogP contribution in [0.2, 0.25) is 0 Å². The maximum Gasteiger partial charge on any atom is 0.327 e. The number of benzene rings is 1. The topological polar surface area (TPSA) is 96.0 Å². The molecule has 0 aliphatic rings. The minimum atomic E-state index is -1.21. The minimum Gasteiger partial charge on any atom is -0.497 e. The van der Waals surface area contributed by atoms with Gasteiger partial charge in [0.2, 0.25) is 0 Å². The second-order valence-corrected chi connectivity index (χ2v) is 5.51. The van der Waals surface area contributed by atoms with Crippen molar-refractivity contribution in [1.82, 2.24) is 4.98 Å². The Morgan fingerprint density at radius 2 is 2.17 bits per heavy atom. The summed E-state index contributed by atoms with van der Waals surface area (Å²) in [5, 5.41) is 20.1. The van der Waals surface area contributed by atoms with E-state index in [4.69, 9.17) is 9.47 Å². The van der Waals surface area contributed by atoms with Gasteiger partial charge in [0.25, 0.3) is 0 Å². The monoisotopic (exact) mass is 341 g/mol. The molecule has 0 aliphatic carbocycles. The molecule has 0 spiro atoms. The molecule has 0 saturated heterocycles. The first-order valence-corrected chi connectivity index (χ1v) is 8.35. The summed E-state index contributed by atoms with van der Waals surface area (Å²) >= 11 is 1.29. The highest BCUT2D eigenvalue weighted by atomic mass is 32.2. The normalized spacial score (nSPS) is 11.4. The molecule has 2 aromatic rings. The molecule has 0 saturated carbocycles. The highest BCUT2D eigenvalue weighted by Crippen LogP contribution is 2.35. The first-order chi connectivity index (χ1) is 11.6. The Balaban J connectivity index is 2.87. The number of thioether (sulfide) groups is 1. The fraction of sp³-hybridized carbons (Fsp3) is 0.294. The van der Waals surface area contributed by atoms with Gasteiger partial charge in [0.15, 0.2) is 5.92 Å². The van der Waals surface area contributed by atoms with Gasteiger partial charge in [-0.1, -0.05) is 0 Å². The van der Waals surface area contributed by atoms with Gasteiger partial charge in [-0.2, -0.15) is 10.5 Å². The average molecular weight is 341 g/mol. The van der Waals surface area contributed by atoms with E-state index in [0.717, 1.165) is 0 Å². The van der Waals surface area contributed by atoms with Crippen LogP contribution in [-0.4, -0.2) is 30.9 Å². The third kappa shape index (κ3) is 3.12. The number of rotatable bonds is 5. The van der Waals surface area contributed by atoms with Gasteiger partial charge in [-0.3, -0.25) is 4.79 Å². The van der Waals surface area contributed by atoms with Gasteiger partial charge < -0.3 is 9.47 Å². The van der Waals surface area contributed by atoms with Crippen molar-refractivity contribution < 1.29 is 14.3 Å². The molecule has 1 atom stereocenters. The summed E-state index contributed by atoms with van der Waals surface area (Å²) in [7, 11) is 1.52. The number of esters is 1. The van der Waals surface area contributed by atoms with Crippen molar-refractivity contribution in [3.8, 4) is 17.9 Å². The smallest absolute Gasteiger partial charge is 0.327 e. The van der Waals surface area contributed by atoms with Gasteiger partial charge in [0, 0.05) is 10.9 Å². The SMILES string of the molecule is CCOC(=O)C(C#N)c1c(C#N)c(SC)nc2ccc(OC)cc12. The summed E-state index contributed by atoms with van der Waals surface area (Å²) in [4.78, 5) is 16.7. The quantitative estimate of drug-likeness (QED) is 0.609. The van der Waals surface area contributed by atoms with Gasteiger partial charge in [-0.05, 0) is 31.4 Å². The van der Waals surface area contributed by atoms with Crippen LogP contribution in [0.1, 0.15) is 24.0 Å². The fourth-order valence-electron chi connectivity index (χ4n) is 2.39. The van der Waals surface area contributed by atoms with Crippen molar-refractivity contribution in [2.45, 2.75) is 17.9 Å². The van der Waals surface area contributed by atoms with E-state index in [-0.39, 0.29) is 12.2 Å². The number of nitrogens with zero attached hydrogens (tertiary/aromatic N) is 3. The van der Waals surface area contributed by atoms with Crippen LogP contribution < -0.4 is 4.74 Å². The van der Waals surface area contributed by atoms with Crippen molar-refractivity contribution in [3.63, 3.8) is 0 Å². The molecule has 1 heterocycles. The van der Waals surface area contributed by atoms with E-state index in [1.54, 1.807) is 31.4 Å². The Kier molecular flexibility index (Phi) is 5.62. The second-order valence-electron chi connectivity index (χ2n) is 4.72. The van der Waals surface area contributed by atoms with Crippen molar-refractivity contribution in [2.75, 3.05) is 20.0 Å². The van der Waals surface area contributed by atoms with Crippen LogP contribution in [0.4, 0.5) is 0 Å². The summed E-state index contributed by atoms with van der Waals surface area (Å²) in [5.41, 5.74) is 1.10. The van der Waals surface area contributed by atoms with Crippen LogP contribution in [0.15, 0.2) is 23.2 Å². The van der Waals surface area contributed by atoms with E-state index in [9.17, 15) is 15.3 Å². The Morgan fingerprint density at radius 3 is 2.71 bits per heavy atom. The predicted octanol–water partition coefficient (Wildman–Crippen LogP) is 3.01. The van der Waals surface area contributed by atoms with Crippen molar-refractivity contribution >= 4 is 28.6 Å². The Hall–Kier alpha value is -2.77. The second kappa shape index (κ2) is 7.67. The lowest BCUT2D eigenvalue weighted by atomic mass is 9.92. The number of fused-ring (bicyclic) bond motifs is 1. The predicted molar refractivity (Wildman–Crippen MR) is 89.8 cm³/mol. The molecule has 6 nitrogen and oxygen atoms in total. The Bertz CT molecular complexity index is 868. The molecule has 2 rings (SSSR count). The molecule has 1 aromatic carbocycles. The lowest BCUT2D eigenvalue weighted by Crippen LogP contribution is -2.17. The Labute approximate surface area is 144 Å². The zero-order chi connectivity index (χ0) is 17.7. The van der Waals surface area contributed by atoms with Crippen molar-refractivity contribution in [2.24, 2.45) is 0 Å². The standard InChI is InChI=1S/C17H15N3O3S/c1-4-23-17(21)13(9-19)15-11-7-10(22-2)5-6-14(11)20-16(24-3)12(15)8-18/h5-7,13H,4H2,1-3H3. The number of methoxy groups -OCH3 is 1. The number of pyridine rings is 1. The first-order valence-electron chi connectivity index (χ1n) is 7.13. The number of aromatic nitrogens is 1. The van der Waals surface area contributed by atoms with Crippen LogP contribution in [-0.2, 0) is 9.53 Å². The zero-order valence-corrected chi connectivity index (χ0v) is 14.3. The zero-order valence-electron chi connectivity index (χ0n) is 13.5. The number of hydrogen-bond acceptors (Lipinski definition) is 7. The van der Waals surface area contributed by atoms with E-state index in [1.807, 2.05) is 6.07 Å². The van der Waals surface area contributed by atoms with Crippen LogP contribution in [0, 0.1) is 22.7 Å². The van der Waals surface area contributed by atoms with Gasteiger partial charge in [-0.25, -0.2) is 4.98 Å².